The SMILES string of the molecule is O=C(Nc1ccccc1-c1nc(-c2ccncc2)no1)c1cc(Cl)ccc1Cl. The fraction of sp³-hybridized carbons (Fsp3) is 0. The Hall–Kier alpha value is -3.22. The average Bonchev–Trinajstić information content (AvgIpc) is 3.21. The molecule has 0 saturated heterocycles. The topological polar surface area (TPSA) is 80.9 Å². The summed E-state index contributed by atoms with van der Waals surface area (Å²) in [5.41, 5.74) is 2.14. The molecule has 0 aliphatic carbocycles. The number of hydrogen-bond donors (Lipinski definition) is 1. The maximum atomic E-state index is 12.7. The normalized spacial score (nSPS) is 10.6. The summed E-state index contributed by atoms with van der Waals surface area (Å²) >= 11 is 12.1. The summed E-state index contributed by atoms with van der Waals surface area (Å²) in [4.78, 5) is 21.1. The third-order valence-corrected chi connectivity index (χ3v) is 4.51. The lowest BCUT2D eigenvalue weighted by molar-refractivity contribution is 0.102. The van der Waals surface area contributed by atoms with Crippen molar-refractivity contribution in [2.75, 3.05) is 5.32 Å². The highest BCUT2D eigenvalue weighted by molar-refractivity contribution is 6.36. The second kappa shape index (κ2) is 7.80. The zero-order valence-corrected chi connectivity index (χ0v) is 15.8. The van der Waals surface area contributed by atoms with E-state index in [0.717, 1.165) is 5.56 Å². The number of benzene rings is 2. The van der Waals surface area contributed by atoms with E-state index in [0.29, 0.717) is 27.1 Å². The summed E-state index contributed by atoms with van der Waals surface area (Å²) in [7, 11) is 0. The Morgan fingerprint density at radius 2 is 1.79 bits per heavy atom. The highest BCUT2D eigenvalue weighted by atomic mass is 35.5. The van der Waals surface area contributed by atoms with Gasteiger partial charge in [0.25, 0.3) is 11.8 Å². The van der Waals surface area contributed by atoms with Crippen molar-refractivity contribution < 1.29 is 9.32 Å². The molecule has 2 aromatic heterocycles. The van der Waals surface area contributed by atoms with Gasteiger partial charge in [-0.25, -0.2) is 0 Å². The van der Waals surface area contributed by atoms with Gasteiger partial charge in [-0.1, -0.05) is 40.5 Å². The highest BCUT2D eigenvalue weighted by Gasteiger charge is 2.17. The second-order valence-corrected chi connectivity index (χ2v) is 6.63. The van der Waals surface area contributed by atoms with E-state index in [-0.39, 0.29) is 11.5 Å². The van der Waals surface area contributed by atoms with Crippen LogP contribution in [-0.4, -0.2) is 21.0 Å². The molecule has 2 aromatic carbocycles. The van der Waals surface area contributed by atoms with E-state index >= 15 is 0 Å². The molecule has 1 N–H and O–H groups in total. The molecule has 0 saturated carbocycles. The molecule has 4 rings (SSSR count). The van der Waals surface area contributed by atoms with Crippen molar-refractivity contribution in [2.45, 2.75) is 0 Å². The first-order valence-electron chi connectivity index (χ1n) is 8.22. The van der Waals surface area contributed by atoms with Gasteiger partial charge in [0.1, 0.15) is 0 Å². The molecule has 8 heteroatoms. The maximum Gasteiger partial charge on any atom is 0.260 e. The molecule has 2 heterocycles. The minimum Gasteiger partial charge on any atom is -0.334 e. The minimum absolute atomic E-state index is 0.270. The van der Waals surface area contributed by atoms with E-state index in [2.05, 4.69) is 20.4 Å². The van der Waals surface area contributed by atoms with Crippen LogP contribution in [0, 0.1) is 0 Å². The maximum absolute atomic E-state index is 12.7. The third kappa shape index (κ3) is 3.74. The molecule has 138 valence electrons. The Labute approximate surface area is 170 Å². The van der Waals surface area contributed by atoms with Gasteiger partial charge in [-0.3, -0.25) is 9.78 Å². The molecular weight excluding hydrogens is 399 g/mol. The number of anilines is 1. The van der Waals surface area contributed by atoms with Crippen LogP contribution in [0.5, 0.6) is 0 Å². The Morgan fingerprint density at radius 1 is 1.00 bits per heavy atom. The lowest BCUT2D eigenvalue weighted by atomic mass is 10.1. The second-order valence-electron chi connectivity index (χ2n) is 5.78. The molecule has 28 heavy (non-hydrogen) atoms. The van der Waals surface area contributed by atoms with Gasteiger partial charge in [-0.05, 0) is 42.5 Å². The highest BCUT2D eigenvalue weighted by Crippen LogP contribution is 2.29. The van der Waals surface area contributed by atoms with Gasteiger partial charge in [0.05, 0.1) is 21.8 Å². The van der Waals surface area contributed by atoms with Crippen molar-refractivity contribution in [2.24, 2.45) is 0 Å². The van der Waals surface area contributed by atoms with E-state index in [1.165, 1.54) is 6.07 Å². The van der Waals surface area contributed by atoms with Crippen molar-refractivity contribution in [3.8, 4) is 22.8 Å². The lowest BCUT2D eigenvalue weighted by Gasteiger charge is -2.09. The van der Waals surface area contributed by atoms with E-state index in [4.69, 9.17) is 27.7 Å². The van der Waals surface area contributed by atoms with Crippen LogP contribution >= 0.6 is 23.2 Å². The third-order valence-electron chi connectivity index (χ3n) is 3.94. The van der Waals surface area contributed by atoms with Gasteiger partial charge in [0, 0.05) is 23.0 Å². The number of pyridine rings is 1. The Morgan fingerprint density at radius 3 is 2.61 bits per heavy atom. The zero-order chi connectivity index (χ0) is 19.5. The smallest absolute Gasteiger partial charge is 0.260 e. The molecule has 0 atom stereocenters. The largest absolute Gasteiger partial charge is 0.334 e. The van der Waals surface area contributed by atoms with Crippen LogP contribution < -0.4 is 5.32 Å². The summed E-state index contributed by atoms with van der Waals surface area (Å²) < 4.78 is 5.40. The molecular formula is C20H12Cl2N4O2. The summed E-state index contributed by atoms with van der Waals surface area (Å²) in [6, 6.07) is 15.4. The van der Waals surface area contributed by atoms with E-state index in [1.54, 1.807) is 54.9 Å². The minimum atomic E-state index is -0.395. The molecule has 0 radical (unpaired) electrons. The number of rotatable bonds is 4. The average molecular weight is 411 g/mol. The molecule has 0 bridgehead atoms. The van der Waals surface area contributed by atoms with Crippen molar-refractivity contribution in [3.05, 3.63) is 82.6 Å². The summed E-state index contributed by atoms with van der Waals surface area (Å²) in [5, 5.41) is 7.55. The van der Waals surface area contributed by atoms with Crippen molar-refractivity contribution in [3.63, 3.8) is 0 Å². The number of para-hydroxylation sites is 1. The van der Waals surface area contributed by atoms with Gasteiger partial charge in [0.2, 0.25) is 5.82 Å². The first-order valence-corrected chi connectivity index (χ1v) is 8.97. The number of amides is 1. The molecule has 6 nitrogen and oxygen atoms in total. The summed E-state index contributed by atoms with van der Waals surface area (Å²) in [5.74, 6) is 0.310. The van der Waals surface area contributed by atoms with Crippen LogP contribution in [0.1, 0.15) is 10.4 Å². The number of halogens is 2. The summed E-state index contributed by atoms with van der Waals surface area (Å²) in [6.45, 7) is 0. The van der Waals surface area contributed by atoms with E-state index < -0.39 is 5.91 Å². The van der Waals surface area contributed by atoms with E-state index in [9.17, 15) is 4.79 Å². The number of carbonyl (C=O) groups is 1. The van der Waals surface area contributed by atoms with Crippen molar-refractivity contribution in [1.29, 1.82) is 0 Å². The number of nitrogens with one attached hydrogen (secondary N) is 1. The Bertz CT molecular complexity index is 1150. The van der Waals surface area contributed by atoms with Gasteiger partial charge in [-0.2, -0.15) is 4.98 Å². The van der Waals surface area contributed by atoms with Gasteiger partial charge in [-0.15, -0.1) is 0 Å². The molecule has 0 fully saturated rings. The van der Waals surface area contributed by atoms with Crippen LogP contribution in [0.2, 0.25) is 10.0 Å². The van der Waals surface area contributed by atoms with Gasteiger partial charge >= 0.3 is 0 Å². The zero-order valence-electron chi connectivity index (χ0n) is 14.3. The molecule has 0 spiro atoms. The Kier molecular flexibility index (Phi) is 5.06. The van der Waals surface area contributed by atoms with Crippen LogP contribution in [0.25, 0.3) is 22.8 Å². The van der Waals surface area contributed by atoms with E-state index in [1.807, 2.05) is 6.07 Å². The van der Waals surface area contributed by atoms with Crippen LogP contribution in [0.4, 0.5) is 5.69 Å². The predicted octanol–water partition coefficient (Wildman–Crippen LogP) is 5.36. The first kappa shape index (κ1) is 18.2. The predicted molar refractivity (Wildman–Crippen MR) is 107 cm³/mol. The molecule has 1 amide bonds. The monoisotopic (exact) mass is 410 g/mol. The number of aromatic nitrogens is 3. The van der Waals surface area contributed by atoms with Crippen LogP contribution in [-0.2, 0) is 0 Å². The van der Waals surface area contributed by atoms with Crippen molar-refractivity contribution >= 4 is 34.8 Å². The molecule has 0 unspecified atom stereocenters. The number of hydrogen-bond acceptors (Lipinski definition) is 5. The van der Waals surface area contributed by atoms with Gasteiger partial charge < -0.3 is 9.84 Å². The molecule has 0 aliphatic heterocycles. The van der Waals surface area contributed by atoms with Crippen LogP contribution in [0.15, 0.2) is 71.5 Å². The number of nitrogens with zero attached hydrogens (tertiary/aromatic N) is 3. The summed E-state index contributed by atoms with van der Waals surface area (Å²) in [6.07, 6.45) is 3.29. The fourth-order valence-electron chi connectivity index (χ4n) is 2.59. The molecule has 4 aromatic rings. The van der Waals surface area contributed by atoms with Gasteiger partial charge in [0.15, 0.2) is 0 Å². The number of carbonyl (C=O) groups excluding carboxylic acids is 1. The van der Waals surface area contributed by atoms with Crippen LogP contribution in [0.3, 0.4) is 0 Å². The molecule has 0 aliphatic rings. The first-order chi connectivity index (χ1) is 13.6. The quantitative estimate of drug-likeness (QED) is 0.489. The fourth-order valence-corrected chi connectivity index (χ4v) is 2.97. The van der Waals surface area contributed by atoms with Crippen molar-refractivity contribution in [1.82, 2.24) is 15.1 Å². The Balaban J connectivity index is 1.66. The lowest BCUT2D eigenvalue weighted by Crippen LogP contribution is -2.13. The standard InChI is InChI=1S/C20H12Cl2N4O2/c21-13-5-6-16(22)15(11-13)19(27)24-17-4-2-1-3-14(17)20-25-18(26-28-20)12-7-9-23-10-8-12/h1-11H,(H,24,27).